The molecule has 0 amide bonds. The maximum Gasteiger partial charge on any atom is 0.0356 e. The number of hydrogen-bond acceptors (Lipinski definition) is 2. The zero-order valence-electron chi connectivity index (χ0n) is 15.2. The number of nitrogens with one attached hydrogen (secondary N) is 1. The van der Waals surface area contributed by atoms with E-state index in [-0.39, 0.29) is 0 Å². The van der Waals surface area contributed by atoms with E-state index in [2.05, 4.69) is 38.2 Å². The van der Waals surface area contributed by atoms with Crippen molar-refractivity contribution >= 4 is 0 Å². The third-order valence-corrected chi connectivity index (χ3v) is 5.50. The Hall–Kier alpha value is -0.0800. The van der Waals surface area contributed by atoms with E-state index in [0.29, 0.717) is 11.6 Å². The van der Waals surface area contributed by atoms with E-state index in [1.807, 2.05) is 0 Å². The van der Waals surface area contributed by atoms with Crippen LogP contribution in [0.4, 0.5) is 0 Å². The Morgan fingerprint density at radius 1 is 0.905 bits per heavy atom. The van der Waals surface area contributed by atoms with Crippen LogP contribution in [0.25, 0.3) is 0 Å². The molecule has 0 aromatic heterocycles. The minimum Gasteiger partial charge on any atom is -0.312 e. The van der Waals surface area contributed by atoms with Crippen LogP contribution >= 0.6 is 0 Å². The second kappa shape index (κ2) is 10.6. The summed E-state index contributed by atoms with van der Waals surface area (Å²) in [6.45, 7) is 5.76. The predicted molar refractivity (Wildman–Crippen MR) is 95.0 cm³/mol. The van der Waals surface area contributed by atoms with Gasteiger partial charge in [0, 0.05) is 11.6 Å². The molecule has 21 heavy (non-hydrogen) atoms. The summed E-state index contributed by atoms with van der Waals surface area (Å²) in [5.74, 6) is 0. The molecule has 0 aromatic carbocycles. The molecule has 2 heteroatoms. The zero-order chi connectivity index (χ0) is 15.6. The quantitative estimate of drug-likeness (QED) is 0.511. The second-order valence-corrected chi connectivity index (χ2v) is 7.27. The summed E-state index contributed by atoms with van der Waals surface area (Å²) in [4.78, 5) is 2.53. The molecular weight excluding hydrogens is 256 g/mol. The lowest BCUT2D eigenvalue weighted by Gasteiger charge is -2.44. The number of rotatable bonds is 12. The molecule has 0 heterocycles. The van der Waals surface area contributed by atoms with Gasteiger partial charge in [0.2, 0.25) is 0 Å². The molecule has 126 valence electrons. The molecular formula is C19H40N2. The first-order chi connectivity index (χ1) is 10.2. The minimum atomic E-state index is 0.429. The summed E-state index contributed by atoms with van der Waals surface area (Å²) in [5, 5.41) is 3.89. The van der Waals surface area contributed by atoms with Crippen LogP contribution in [0.3, 0.4) is 0 Å². The van der Waals surface area contributed by atoms with E-state index in [0.717, 1.165) is 0 Å². The van der Waals surface area contributed by atoms with Crippen molar-refractivity contribution in [2.45, 2.75) is 102 Å². The maximum atomic E-state index is 3.89. The molecule has 1 fully saturated rings. The Morgan fingerprint density at radius 3 is 2.10 bits per heavy atom. The zero-order valence-corrected chi connectivity index (χ0v) is 15.2. The van der Waals surface area contributed by atoms with E-state index < -0.39 is 0 Å². The van der Waals surface area contributed by atoms with Crippen molar-refractivity contribution in [2.24, 2.45) is 0 Å². The standard InChI is InChI=1S/C19H40N2/c1-5-7-8-9-10-11-14-18(20-17-6-2)19(21(3)4)15-12-13-16-19/h18,20H,5-17H2,1-4H3. The van der Waals surface area contributed by atoms with Gasteiger partial charge in [-0.15, -0.1) is 0 Å². The molecule has 1 aliphatic rings. The minimum absolute atomic E-state index is 0.429. The smallest absolute Gasteiger partial charge is 0.0356 e. The van der Waals surface area contributed by atoms with Crippen molar-refractivity contribution in [1.29, 1.82) is 0 Å². The average Bonchev–Trinajstić information content (AvgIpc) is 2.96. The van der Waals surface area contributed by atoms with Crippen molar-refractivity contribution in [2.75, 3.05) is 20.6 Å². The van der Waals surface area contributed by atoms with Crippen LogP contribution in [-0.2, 0) is 0 Å². The molecule has 0 aromatic rings. The highest BCUT2D eigenvalue weighted by atomic mass is 15.2. The molecule has 1 unspecified atom stereocenters. The summed E-state index contributed by atoms with van der Waals surface area (Å²) in [6.07, 6.45) is 16.7. The van der Waals surface area contributed by atoms with Gasteiger partial charge in [-0.2, -0.15) is 0 Å². The topological polar surface area (TPSA) is 15.3 Å². The third-order valence-electron chi connectivity index (χ3n) is 5.50. The summed E-state index contributed by atoms with van der Waals surface area (Å²) in [7, 11) is 4.60. The number of hydrogen-bond donors (Lipinski definition) is 1. The monoisotopic (exact) mass is 296 g/mol. The first-order valence-electron chi connectivity index (χ1n) is 9.58. The Morgan fingerprint density at radius 2 is 1.52 bits per heavy atom. The predicted octanol–water partition coefficient (Wildman–Crippen LogP) is 4.98. The van der Waals surface area contributed by atoms with Crippen LogP contribution in [0.5, 0.6) is 0 Å². The first-order valence-corrected chi connectivity index (χ1v) is 9.58. The SMILES string of the molecule is CCCCCCCCC(NCCC)C1(N(C)C)CCCC1. The fourth-order valence-corrected chi connectivity index (χ4v) is 4.10. The largest absolute Gasteiger partial charge is 0.312 e. The lowest BCUT2D eigenvalue weighted by atomic mass is 9.83. The molecule has 1 aliphatic carbocycles. The molecule has 2 nitrogen and oxygen atoms in total. The van der Waals surface area contributed by atoms with Crippen molar-refractivity contribution in [3.63, 3.8) is 0 Å². The highest BCUT2D eigenvalue weighted by molar-refractivity contribution is 5.01. The lowest BCUT2D eigenvalue weighted by molar-refractivity contribution is 0.0983. The molecule has 0 spiro atoms. The van der Waals surface area contributed by atoms with Crippen LogP contribution in [0.2, 0.25) is 0 Å². The van der Waals surface area contributed by atoms with Crippen molar-refractivity contribution in [3.8, 4) is 0 Å². The van der Waals surface area contributed by atoms with Gasteiger partial charge in [-0.25, -0.2) is 0 Å². The Bertz CT molecular complexity index is 244. The van der Waals surface area contributed by atoms with Gasteiger partial charge in [-0.1, -0.05) is 65.2 Å². The molecule has 0 radical (unpaired) electrons. The fourth-order valence-electron chi connectivity index (χ4n) is 4.10. The van der Waals surface area contributed by atoms with Gasteiger partial charge in [0.25, 0.3) is 0 Å². The van der Waals surface area contributed by atoms with Gasteiger partial charge >= 0.3 is 0 Å². The van der Waals surface area contributed by atoms with E-state index in [1.165, 1.54) is 83.6 Å². The summed E-state index contributed by atoms with van der Waals surface area (Å²) in [5.41, 5.74) is 0.429. The second-order valence-electron chi connectivity index (χ2n) is 7.27. The summed E-state index contributed by atoms with van der Waals surface area (Å²) >= 11 is 0. The van der Waals surface area contributed by atoms with Crippen LogP contribution in [0.15, 0.2) is 0 Å². The Labute approximate surface area is 134 Å². The van der Waals surface area contributed by atoms with Gasteiger partial charge in [-0.3, -0.25) is 0 Å². The van der Waals surface area contributed by atoms with Crippen molar-refractivity contribution in [1.82, 2.24) is 10.2 Å². The molecule has 0 bridgehead atoms. The molecule has 0 aliphatic heterocycles. The van der Waals surface area contributed by atoms with E-state index in [1.54, 1.807) is 0 Å². The maximum absolute atomic E-state index is 3.89. The van der Waals surface area contributed by atoms with Crippen LogP contribution in [-0.4, -0.2) is 37.1 Å². The van der Waals surface area contributed by atoms with Crippen LogP contribution in [0, 0.1) is 0 Å². The summed E-state index contributed by atoms with van der Waals surface area (Å²) in [6, 6.07) is 0.695. The fraction of sp³-hybridized carbons (Fsp3) is 1.00. The van der Waals surface area contributed by atoms with Crippen molar-refractivity contribution in [3.05, 3.63) is 0 Å². The highest BCUT2D eigenvalue weighted by Crippen LogP contribution is 2.38. The average molecular weight is 297 g/mol. The van der Waals surface area contributed by atoms with E-state index >= 15 is 0 Å². The number of likely N-dealkylation sites (N-methyl/N-ethyl adjacent to an activating group) is 1. The molecule has 1 N–H and O–H groups in total. The lowest BCUT2D eigenvalue weighted by Crippen LogP contribution is -2.57. The normalized spacial score (nSPS) is 19.3. The molecule has 1 rings (SSSR count). The van der Waals surface area contributed by atoms with Crippen molar-refractivity contribution < 1.29 is 0 Å². The van der Waals surface area contributed by atoms with Crippen LogP contribution in [0.1, 0.15) is 90.9 Å². The van der Waals surface area contributed by atoms with Crippen LogP contribution < -0.4 is 5.32 Å². The molecule has 1 saturated carbocycles. The van der Waals surface area contributed by atoms with Gasteiger partial charge in [-0.05, 0) is 46.3 Å². The molecule has 0 saturated heterocycles. The number of unbranched alkanes of at least 4 members (excludes halogenated alkanes) is 5. The summed E-state index contributed by atoms with van der Waals surface area (Å²) < 4.78 is 0. The van der Waals surface area contributed by atoms with Gasteiger partial charge < -0.3 is 10.2 Å². The first kappa shape index (κ1) is 19.0. The van der Waals surface area contributed by atoms with Gasteiger partial charge in [0.1, 0.15) is 0 Å². The Kier molecular flexibility index (Phi) is 9.59. The number of nitrogens with zero attached hydrogens (tertiary/aromatic N) is 1. The van der Waals surface area contributed by atoms with Gasteiger partial charge in [0.05, 0.1) is 0 Å². The molecule has 1 atom stereocenters. The van der Waals surface area contributed by atoms with E-state index in [9.17, 15) is 0 Å². The van der Waals surface area contributed by atoms with E-state index in [4.69, 9.17) is 0 Å². The van der Waals surface area contributed by atoms with Gasteiger partial charge in [0.15, 0.2) is 0 Å². The Balaban J connectivity index is 2.46. The highest BCUT2D eigenvalue weighted by Gasteiger charge is 2.42. The third kappa shape index (κ3) is 5.90.